The van der Waals surface area contributed by atoms with Gasteiger partial charge in [-0.2, -0.15) is 11.8 Å². The number of hydrogen-bond donors (Lipinski definition) is 1. The second-order valence-corrected chi connectivity index (χ2v) is 5.08. The molecule has 1 aliphatic rings. The van der Waals surface area contributed by atoms with E-state index in [1.807, 2.05) is 23.7 Å². The lowest BCUT2D eigenvalue weighted by atomic mass is 10.1. The van der Waals surface area contributed by atoms with Gasteiger partial charge in [0, 0.05) is 11.3 Å². The van der Waals surface area contributed by atoms with E-state index in [2.05, 4.69) is 6.92 Å². The van der Waals surface area contributed by atoms with Gasteiger partial charge in [0.05, 0.1) is 6.54 Å². The van der Waals surface area contributed by atoms with E-state index >= 15 is 0 Å². The summed E-state index contributed by atoms with van der Waals surface area (Å²) in [6.45, 7) is 2.35. The van der Waals surface area contributed by atoms with Gasteiger partial charge in [0.2, 0.25) is 0 Å². The van der Waals surface area contributed by atoms with Crippen LogP contribution in [0, 0.1) is 0 Å². The average molecular weight is 203 g/mol. The Kier molecular flexibility index (Phi) is 4.06. The highest BCUT2D eigenvalue weighted by atomic mass is 32.2. The number of carboxylic acids is 1. The first kappa shape index (κ1) is 10.9. The summed E-state index contributed by atoms with van der Waals surface area (Å²) in [6, 6.07) is 0.440. The summed E-state index contributed by atoms with van der Waals surface area (Å²) >= 11 is 1.95. The first-order valence-electron chi connectivity index (χ1n) is 4.65. The van der Waals surface area contributed by atoms with E-state index in [0.29, 0.717) is 11.3 Å². The Morgan fingerprint density at radius 2 is 2.38 bits per heavy atom. The van der Waals surface area contributed by atoms with E-state index in [1.165, 1.54) is 12.2 Å². The van der Waals surface area contributed by atoms with Gasteiger partial charge in [-0.15, -0.1) is 0 Å². The van der Waals surface area contributed by atoms with Crippen molar-refractivity contribution < 1.29 is 9.90 Å². The monoisotopic (exact) mass is 203 g/mol. The molecule has 0 aliphatic carbocycles. The number of carboxylic acid groups (broad SMARTS) is 1. The third-order valence-corrected chi connectivity index (χ3v) is 3.88. The number of carbonyl (C=O) groups is 1. The summed E-state index contributed by atoms with van der Waals surface area (Å²) in [6.07, 6.45) is 2.35. The zero-order valence-electron chi connectivity index (χ0n) is 8.19. The van der Waals surface area contributed by atoms with Crippen molar-refractivity contribution in [3.63, 3.8) is 0 Å². The molecule has 0 saturated carbocycles. The van der Waals surface area contributed by atoms with Crippen molar-refractivity contribution in [1.82, 2.24) is 4.90 Å². The molecule has 76 valence electrons. The molecular formula is C9H17NO2S. The predicted octanol–water partition coefficient (Wildman–Crippen LogP) is 1.29. The molecule has 1 heterocycles. The van der Waals surface area contributed by atoms with Gasteiger partial charge in [0.1, 0.15) is 0 Å². The van der Waals surface area contributed by atoms with E-state index in [4.69, 9.17) is 5.11 Å². The average Bonchev–Trinajstić information content (AvgIpc) is 2.03. The molecule has 1 fully saturated rings. The maximum absolute atomic E-state index is 10.5. The van der Waals surface area contributed by atoms with Gasteiger partial charge in [-0.1, -0.05) is 6.92 Å². The largest absolute Gasteiger partial charge is 0.480 e. The van der Waals surface area contributed by atoms with Crippen LogP contribution < -0.4 is 0 Å². The first-order valence-corrected chi connectivity index (χ1v) is 5.69. The number of aliphatic carboxylic acids is 1. The van der Waals surface area contributed by atoms with E-state index in [-0.39, 0.29) is 6.54 Å². The van der Waals surface area contributed by atoms with E-state index < -0.39 is 5.97 Å². The maximum atomic E-state index is 10.5. The molecule has 1 saturated heterocycles. The molecule has 0 bridgehead atoms. The van der Waals surface area contributed by atoms with Crippen LogP contribution in [0.3, 0.4) is 0 Å². The summed E-state index contributed by atoms with van der Waals surface area (Å²) in [5, 5.41) is 9.22. The van der Waals surface area contributed by atoms with Crippen LogP contribution in [0.2, 0.25) is 0 Å². The van der Waals surface area contributed by atoms with Gasteiger partial charge < -0.3 is 5.11 Å². The maximum Gasteiger partial charge on any atom is 0.317 e. The fourth-order valence-corrected chi connectivity index (χ4v) is 3.09. The highest BCUT2D eigenvalue weighted by Gasteiger charge is 2.26. The van der Waals surface area contributed by atoms with Crippen LogP contribution in [0.4, 0.5) is 0 Å². The molecule has 1 rings (SSSR count). The minimum atomic E-state index is -0.731. The van der Waals surface area contributed by atoms with Crippen molar-refractivity contribution >= 4 is 17.7 Å². The Balaban J connectivity index is 2.43. The Bertz CT molecular complexity index is 186. The molecule has 0 aromatic rings. The van der Waals surface area contributed by atoms with Gasteiger partial charge in [0.25, 0.3) is 0 Å². The van der Waals surface area contributed by atoms with Crippen LogP contribution in [0.15, 0.2) is 0 Å². The smallest absolute Gasteiger partial charge is 0.317 e. The molecule has 0 spiro atoms. The van der Waals surface area contributed by atoms with Crippen LogP contribution in [-0.2, 0) is 4.79 Å². The first-order chi connectivity index (χ1) is 6.11. The fraction of sp³-hybridized carbons (Fsp3) is 0.889. The number of hydrogen-bond acceptors (Lipinski definition) is 3. The normalized spacial score (nSPS) is 29.2. The van der Waals surface area contributed by atoms with Crippen LogP contribution in [-0.4, -0.2) is 46.6 Å². The summed E-state index contributed by atoms with van der Waals surface area (Å²) in [5.74, 6) is 0.490. The number of rotatable bonds is 3. The molecule has 0 amide bonds. The molecule has 2 unspecified atom stereocenters. The van der Waals surface area contributed by atoms with E-state index in [1.54, 1.807) is 0 Å². The lowest BCUT2D eigenvalue weighted by molar-refractivity contribution is -0.138. The second kappa shape index (κ2) is 4.86. The minimum absolute atomic E-state index is 0.162. The van der Waals surface area contributed by atoms with Crippen LogP contribution in [0.5, 0.6) is 0 Å². The van der Waals surface area contributed by atoms with Crippen molar-refractivity contribution in [1.29, 1.82) is 0 Å². The highest BCUT2D eigenvalue weighted by Crippen LogP contribution is 2.27. The second-order valence-electron chi connectivity index (χ2n) is 3.59. The minimum Gasteiger partial charge on any atom is -0.480 e. The van der Waals surface area contributed by atoms with Crippen molar-refractivity contribution in [3.8, 4) is 0 Å². The quantitative estimate of drug-likeness (QED) is 0.750. The molecule has 2 atom stereocenters. The molecular weight excluding hydrogens is 186 g/mol. The van der Waals surface area contributed by atoms with Crippen molar-refractivity contribution in [2.75, 3.05) is 19.3 Å². The van der Waals surface area contributed by atoms with Gasteiger partial charge in [0.15, 0.2) is 0 Å². The van der Waals surface area contributed by atoms with Gasteiger partial charge >= 0.3 is 5.97 Å². The third kappa shape index (κ3) is 3.19. The fourth-order valence-electron chi connectivity index (χ4n) is 1.82. The lowest BCUT2D eigenvalue weighted by Gasteiger charge is -2.34. The number of nitrogens with zero attached hydrogens (tertiary/aromatic N) is 1. The van der Waals surface area contributed by atoms with E-state index in [0.717, 1.165) is 6.42 Å². The molecule has 0 aromatic heterocycles. The van der Waals surface area contributed by atoms with Gasteiger partial charge in [-0.25, -0.2) is 0 Å². The topological polar surface area (TPSA) is 40.5 Å². The number of likely N-dealkylation sites (N-methyl/N-ethyl adjacent to an activating group) is 1. The van der Waals surface area contributed by atoms with Crippen LogP contribution >= 0.6 is 11.8 Å². The Hall–Kier alpha value is -0.220. The zero-order valence-corrected chi connectivity index (χ0v) is 9.01. The van der Waals surface area contributed by atoms with Crippen LogP contribution in [0.1, 0.15) is 19.8 Å². The zero-order chi connectivity index (χ0) is 9.84. The SMILES string of the molecule is CC1SCCCC1N(C)CC(=O)O. The molecule has 0 aromatic carbocycles. The molecule has 0 radical (unpaired) electrons. The Morgan fingerprint density at radius 3 is 2.92 bits per heavy atom. The predicted molar refractivity (Wildman–Crippen MR) is 55.2 cm³/mol. The standard InChI is InChI=1S/C9H17NO2S/c1-7-8(4-3-5-13-7)10(2)6-9(11)12/h7-8H,3-6H2,1-2H3,(H,11,12). The van der Waals surface area contributed by atoms with Gasteiger partial charge in [-0.05, 0) is 25.6 Å². The van der Waals surface area contributed by atoms with Crippen molar-refractivity contribution in [3.05, 3.63) is 0 Å². The molecule has 1 aliphatic heterocycles. The molecule has 4 heteroatoms. The van der Waals surface area contributed by atoms with Crippen molar-refractivity contribution in [2.24, 2.45) is 0 Å². The summed E-state index contributed by atoms with van der Waals surface area (Å²) in [5.41, 5.74) is 0. The highest BCUT2D eigenvalue weighted by molar-refractivity contribution is 7.99. The number of thioether (sulfide) groups is 1. The Labute approximate surface area is 83.5 Å². The summed E-state index contributed by atoms with van der Waals surface area (Å²) in [7, 11) is 1.90. The summed E-state index contributed by atoms with van der Waals surface area (Å²) in [4.78, 5) is 12.5. The third-order valence-electron chi connectivity index (χ3n) is 2.52. The van der Waals surface area contributed by atoms with Crippen molar-refractivity contribution in [2.45, 2.75) is 31.1 Å². The lowest BCUT2D eigenvalue weighted by Crippen LogP contribution is -2.43. The molecule has 3 nitrogen and oxygen atoms in total. The Morgan fingerprint density at radius 1 is 1.69 bits per heavy atom. The van der Waals surface area contributed by atoms with E-state index in [9.17, 15) is 4.79 Å². The summed E-state index contributed by atoms with van der Waals surface area (Å²) < 4.78 is 0. The molecule has 1 N–H and O–H groups in total. The van der Waals surface area contributed by atoms with Crippen LogP contribution in [0.25, 0.3) is 0 Å². The molecule has 13 heavy (non-hydrogen) atoms. The van der Waals surface area contributed by atoms with Gasteiger partial charge in [-0.3, -0.25) is 9.69 Å².